The number of carbonyl (C=O) groups is 7. The average molecular weight is 908 g/mol. The molecule has 5 N–H and O–H groups in total. The van der Waals surface area contributed by atoms with Crippen molar-refractivity contribution < 1.29 is 47.1 Å². The number of hydrogen-bond donors (Lipinski definition) is 5. The maximum absolute atomic E-state index is 13.2. The van der Waals surface area contributed by atoms with Crippen molar-refractivity contribution in [2.75, 3.05) is 61.4 Å². The van der Waals surface area contributed by atoms with Crippen LogP contribution < -0.4 is 36.2 Å². The molecule has 7 rings (SSSR count). The Balaban J connectivity index is 0.753. The highest BCUT2D eigenvalue weighted by Crippen LogP contribution is 2.34. The third-order valence-corrected chi connectivity index (χ3v) is 11.6. The van der Waals surface area contributed by atoms with Gasteiger partial charge in [-0.2, -0.15) is 4.98 Å². The molecule has 1 aromatic heterocycles. The highest BCUT2D eigenvalue weighted by Gasteiger charge is 2.46. The number of aryl methyl sites for hydroxylation is 1. The molecule has 21 heteroatoms. The van der Waals surface area contributed by atoms with Gasteiger partial charge in [0, 0.05) is 92.2 Å². The van der Waals surface area contributed by atoms with Gasteiger partial charge >= 0.3 is 0 Å². The third kappa shape index (κ3) is 11.5. The van der Waals surface area contributed by atoms with Gasteiger partial charge in [-0.05, 0) is 91.9 Å². The Morgan fingerprint density at radius 1 is 0.862 bits per heavy atom. The number of anilines is 5. The molecule has 340 valence electrons. The number of hydrogen-bond acceptors (Lipinski definition) is 15. The van der Waals surface area contributed by atoms with Gasteiger partial charge in [-0.25, -0.2) is 4.98 Å². The van der Waals surface area contributed by atoms with Crippen LogP contribution in [0.15, 0.2) is 77.8 Å². The van der Waals surface area contributed by atoms with Gasteiger partial charge in [0.05, 0.1) is 11.1 Å². The summed E-state index contributed by atoms with van der Waals surface area (Å²) in [7, 11) is 0. The van der Waals surface area contributed by atoms with Crippen LogP contribution in [0, 0.1) is 6.92 Å². The van der Waals surface area contributed by atoms with E-state index in [0.717, 1.165) is 21.8 Å². The van der Waals surface area contributed by atoms with E-state index in [0.29, 0.717) is 69.6 Å². The lowest BCUT2D eigenvalue weighted by molar-refractivity contribution is -0.136. The van der Waals surface area contributed by atoms with Crippen molar-refractivity contribution in [1.29, 1.82) is 0 Å². The van der Waals surface area contributed by atoms with Gasteiger partial charge in [0.1, 0.15) is 17.6 Å². The Hall–Kier alpha value is -7.26. The number of nitrogens with one attached hydrogen (secondary N) is 5. The van der Waals surface area contributed by atoms with E-state index in [-0.39, 0.29) is 59.3 Å². The largest absolute Gasteiger partial charge is 0.768 e. The second kappa shape index (κ2) is 20.9. The average Bonchev–Trinajstić information content (AvgIpc) is 3.56. The minimum Gasteiger partial charge on any atom is -0.768 e. The smallest absolute Gasteiger partial charge is 0.266 e. The summed E-state index contributed by atoms with van der Waals surface area (Å²) in [6.45, 7) is 4.38. The summed E-state index contributed by atoms with van der Waals surface area (Å²) in [5.74, 6) is -2.49. The molecule has 0 bridgehead atoms. The molecule has 0 radical (unpaired) electrons. The Morgan fingerprint density at radius 3 is 2.31 bits per heavy atom. The number of piperazine rings is 1. The normalized spacial score (nSPS) is 16.4. The zero-order valence-corrected chi connectivity index (χ0v) is 36.2. The van der Waals surface area contributed by atoms with E-state index in [2.05, 4.69) is 41.5 Å². The van der Waals surface area contributed by atoms with Crippen molar-refractivity contribution in [3.8, 4) is 5.75 Å². The van der Waals surface area contributed by atoms with Crippen molar-refractivity contribution in [2.24, 2.45) is 0 Å². The second-order valence-electron chi connectivity index (χ2n) is 15.5. The molecule has 3 aromatic carbocycles. The quantitative estimate of drug-likeness (QED) is 0.0546. The maximum Gasteiger partial charge on any atom is 0.266 e. The van der Waals surface area contributed by atoms with Crippen LogP contribution in [0.1, 0.15) is 64.8 Å². The van der Waals surface area contributed by atoms with E-state index in [9.17, 15) is 42.3 Å². The van der Waals surface area contributed by atoms with E-state index < -0.39 is 53.3 Å². The molecule has 0 spiro atoms. The lowest BCUT2D eigenvalue weighted by Crippen LogP contribution is -2.54. The minimum atomic E-state index is -2.35. The van der Waals surface area contributed by atoms with Gasteiger partial charge in [0.2, 0.25) is 29.6 Å². The lowest BCUT2D eigenvalue weighted by Gasteiger charge is -2.36. The van der Waals surface area contributed by atoms with Crippen LogP contribution in [0.3, 0.4) is 0 Å². The fourth-order valence-corrected chi connectivity index (χ4v) is 7.93. The van der Waals surface area contributed by atoms with Crippen molar-refractivity contribution >= 4 is 81.3 Å². The first kappa shape index (κ1) is 45.8. The van der Waals surface area contributed by atoms with Crippen LogP contribution in [0.2, 0.25) is 0 Å². The van der Waals surface area contributed by atoms with E-state index in [1.807, 2.05) is 31.2 Å². The fraction of sp³-hybridized carbons (Fsp3) is 0.341. The predicted octanol–water partition coefficient (Wildman–Crippen LogP) is 2.43. The molecule has 0 saturated carbocycles. The number of carbonyl (C=O) groups excluding carboxylic acids is 7. The summed E-state index contributed by atoms with van der Waals surface area (Å²) in [6, 6.07) is 17.5. The minimum absolute atomic E-state index is 0.00664. The number of rotatable bonds is 18. The van der Waals surface area contributed by atoms with Crippen molar-refractivity contribution in [1.82, 2.24) is 35.7 Å². The molecule has 3 aliphatic rings. The highest BCUT2D eigenvalue weighted by atomic mass is 32.2. The van der Waals surface area contributed by atoms with Crippen LogP contribution in [-0.2, 0) is 35.1 Å². The third-order valence-electron chi connectivity index (χ3n) is 11.0. The van der Waals surface area contributed by atoms with Gasteiger partial charge in [0.25, 0.3) is 17.7 Å². The van der Waals surface area contributed by atoms with Gasteiger partial charge in [0.15, 0.2) is 6.61 Å². The fourth-order valence-electron chi connectivity index (χ4n) is 7.51. The summed E-state index contributed by atoms with van der Waals surface area (Å²) in [6.07, 6.45) is 2.95. The Kier molecular flexibility index (Phi) is 14.7. The van der Waals surface area contributed by atoms with Crippen LogP contribution in [0.5, 0.6) is 5.75 Å². The first-order valence-electron chi connectivity index (χ1n) is 21.0. The Labute approximate surface area is 376 Å². The van der Waals surface area contributed by atoms with Gasteiger partial charge in [-0.3, -0.25) is 48.0 Å². The zero-order valence-electron chi connectivity index (χ0n) is 35.4. The van der Waals surface area contributed by atoms with Crippen LogP contribution in [0.25, 0.3) is 0 Å². The van der Waals surface area contributed by atoms with Crippen LogP contribution >= 0.6 is 0 Å². The number of unbranched alkanes of at least 4 members (excludes halogenated alkanes) is 1. The predicted molar refractivity (Wildman–Crippen MR) is 235 cm³/mol. The SMILES string of the molecule is Cc1cnc(Nc2ccc(N3CCN(C(=O)CCC(=O)NCCCCNC(=O)COc4cccc5c4C(=O)N(C4CCC(=O)NC4=O)C5=O)CC3)cc2)nc1Nc1cccc(S(=O)[O-])c1. The second-order valence-corrected chi connectivity index (χ2v) is 16.4. The van der Waals surface area contributed by atoms with E-state index >= 15 is 0 Å². The standard InChI is InChI=1S/C44H48N10O10S/c1-27-25-47-44(51-40(27)48-29-6-4-7-31(24-29)65(62)63)49-28-10-12-30(13-11-28)52-20-22-53(23-21-52)38(58)17-16-35(55)45-18-2-3-19-46-37(57)26-64-34-9-5-8-32-39(34)43(61)54(42(32)60)33-14-15-36(56)50-41(33)59/h4-13,24-25,33H,2-3,14-23,26H2,1H3,(H,45,55)(H,46,57)(H,62,63)(H,50,56,59)(H2,47,48,49,51)/p-1. The van der Waals surface area contributed by atoms with E-state index in [4.69, 9.17) is 4.74 Å². The molecule has 7 amide bonds. The highest BCUT2D eigenvalue weighted by molar-refractivity contribution is 7.79. The molecule has 65 heavy (non-hydrogen) atoms. The Morgan fingerprint density at radius 2 is 1.58 bits per heavy atom. The van der Waals surface area contributed by atoms with Crippen LogP contribution in [0.4, 0.5) is 28.8 Å². The topological polar surface area (TPSA) is 264 Å². The number of amides is 7. The number of piperidine rings is 1. The molecule has 3 aliphatic heterocycles. The number of ether oxygens (including phenoxy) is 1. The number of fused-ring (bicyclic) bond motifs is 1. The summed E-state index contributed by atoms with van der Waals surface area (Å²) in [4.78, 5) is 102. The van der Waals surface area contributed by atoms with Gasteiger partial charge in [-0.1, -0.05) is 12.1 Å². The molecule has 20 nitrogen and oxygen atoms in total. The zero-order chi connectivity index (χ0) is 46.0. The van der Waals surface area contributed by atoms with Crippen LogP contribution in [-0.4, -0.2) is 122 Å². The van der Waals surface area contributed by atoms with E-state index in [1.165, 1.54) is 30.3 Å². The number of imide groups is 2. The van der Waals surface area contributed by atoms with Crippen molar-refractivity contribution in [3.63, 3.8) is 0 Å². The van der Waals surface area contributed by atoms with Gasteiger partial charge in [-0.15, -0.1) is 0 Å². The summed E-state index contributed by atoms with van der Waals surface area (Å²) in [5.41, 5.74) is 3.11. The molecule has 2 atom stereocenters. The number of benzene rings is 3. The molecule has 0 aliphatic carbocycles. The monoisotopic (exact) mass is 907 g/mol. The summed E-state index contributed by atoms with van der Waals surface area (Å²) < 4.78 is 28.3. The lowest BCUT2D eigenvalue weighted by atomic mass is 10.0. The summed E-state index contributed by atoms with van der Waals surface area (Å²) >= 11 is -2.35. The summed E-state index contributed by atoms with van der Waals surface area (Å²) in [5, 5.41) is 14.0. The number of aromatic nitrogens is 2. The molecule has 4 heterocycles. The maximum atomic E-state index is 13.2. The first-order chi connectivity index (χ1) is 31.3. The molecular formula is C44H47N10O10S-. The molecular weight excluding hydrogens is 861 g/mol. The first-order valence-corrected chi connectivity index (χ1v) is 22.1. The molecule has 2 unspecified atom stereocenters. The van der Waals surface area contributed by atoms with E-state index in [1.54, 1.807) is 23.2 Å². The van der Waals surface area contributed by atoms with Crippen molar-refractivity contribution in [2.45, 2.75) is 56.4 Å². The Bertz CT molecular complexity index is 2510. The molecule has 4 aromatic rings. The molecule has 2 saturated heterocycles. The van der Waals surface area contributed by atoms with Gasteiger partial charge < -0.3 is 40.4 Å². The molecule has 2 fully saturated rings. The van der Waals surface area contributed by atoms with Crippen molar-refractivity contribution in [3.05, 3.63) is 89.6 Å². The number of nitrogens with zero attached hydrogens (tertiary/aromatic N) is 5.